The second kappa shape index (κ2) is 7.53. The van der Waals surface area contributed by atoms with Crippen LogP contribution >= 0.6 is 15.9 Å². The molecule has 1 aliphatic rings. The van der Waals surface area contributed by atoms with Gasteiger partial charge in [-0.25, -0.2) is 4.39 Å². The fraction of sp³-hybridized carbons (Fsp3) is 0.625. The first-order valence-electron chi connectivity index (χ1n) is 7.54. The van der Waals surface area contributed by atoms with Crippen LogP contribution in [0.4, 0.5) is 4.39 Å². The third kappa shape index (κ3) is 3.80. The minimum Gasteiger partial charge on any atom is -0.329 e. The van der Waals surface area contributed by atoms with E-state index in [9.17, 15) is 4.39 Å². The maximum atomic E-state index is 13.4. The molecule has 1 aromatic rings. The molecule has 2 atom stereocenters. The second-order valence-corrected chi connectivity index (χ2v) is 6.52. The highest BCUT2D eigenvalue weighted by Gasteiger charge is 2.23. The van der Waals surface area contributed by atoms with E-state index < -0.39 is 0 Å². The lowest BCUT2D eigenvalue weighted by Crippen LogP contribution is -2.34. The summed E-state index contributed by atoms with van der Waals surface area (Å²) in [6, 6.07) is 5.45. The normalized spacial score (nSPS) is 22.5. The third-order valence-electron chi connectivity index (χ3n) is 4.45. The van der Waals surface area contributed by atoms with Crippen LogP contribution in [0.5, 0.6) is 0 Å². The summed E-state index contributed by atoms with van der Waals surface area (Å²) in [5.41, 5.74) is 7.10. The second-order valence-electron chi connectivity index (χ2n) is 5.67. The summed E-state index contributed by atoms with van der Waals surface area (Å²) in [7, 11) is 0. The third-order valence-corrected chi connectivity index (χ3v) is 5.06. The van der Waals surface area contributed by atoms with Crippen molar-refractivity contribution < 1.29 is 4.39 Å². The van der Waals surface area contributed by atoms with Crippen LogP contribution < -0.4 is 5.73 Å². The van der Waals surface area contributed by atoms with Crippen molar-refractivity contribution in [3.63, 3.8) is 0 Å². The van der Waals surface area contributed by atoms with Crippen LogP contribution in [0.15, 0.2) is 22.7 Å². The van der Waals surface area contributed by atoms with Gasteiger partial charge in [-0.3, -0.25) is 4.90 Å². The summed E-state index contributed by atoms with van der Waals surface area (Å²) in [6.07, 6.45) is 5.06. The molecule has 0 amide bonds. The van der Waals surface area contributed by atoms with Crippen LogP contribution in [0.25, 0.3) is 0 Å². The molecule has 0 bridgehead atoms. The zero-order chi connectivity index (χ0) is 14.5. The molecule has 2 nitrogen and oxygen atoms in total. The smallest absolute Gasteiger partial charge is 0.137 e. The predicted molar refractivity (Wildman–Crippen MR) is 85.1 cm³/mol. The maximum Gasteiger partial charge on any atom is 0.137 e. The van der Waals surface area contributed by atoms with Gasteiger partial charge in [0.05, 0.1) is 4.47 Å². The lowest BCUT2D eigenvalue weighted by molar-refractivity contribution is 0.206. The average Bonchev–Trinajstić information content (AvgIpc) is 2.69. The largest absolute Gasteiger partial charge is 0.329 e. The quantitative estimate of drug-likeness (QED) is 0.892. The van der Waals surface area contributed by atoms with Crippen molar-refractivity contribution in [3.8, 4) is 0 Å². The Morgan fingerprint density at radius 3 is 2.85 bits per heavy atom. The lowest BCUT2D eigenvalue weighted by atomic mass is 9.98. The van der Waals surface area contributed by atoms with E-state index in [1.807, 2.05) is 12.1 Å². The molecular formula is C16H24BrFN2. The van der Waals surface area contributed by atoms with Gasteiger partial charge in [-0.2, -0.15) is 0 Å². The van der Waals surface area contributed by atoms with Gasteiger partial charge in [0.2, 0.25) is 0 Å². The maximum absolute atomic E-state index is 13.4. The molecule has 0 spiro atoms. The van der Waals surface area contributed by atoms with E-state index in [-0.39, 0.29) is 11.9 Å². The van der Waals surface area contributed by atoms with E-state index in [2.05, 4.69) is 27.8 Å². The average molecular weight is 343 g/mol. The molecule has 1 saturated heterocycles. The van der Waals surface area contributed by atoms with Gasteiger partial charge in [0.15, 0.2) is 0 Å². The number of nitrogens with two attached hydrogens (primary N) is 1. The van der Waals surface area contributed by atoms with Crippen molar-refractivity contribution in [2.24, 2.45) is 11.7 Å². The molecule has 0 saturated carbocycles. The summed E-state index contributed by atoms with van der Waals surface area (Å²) < 4.78 is 13.9. The van der Waals surface area contributed by atoms with Gasteiger partial charge in [-0.1, -0.05) is 19.4 Å². The molecule has 0 radical (unpaired) electrons. The molecule has 2 unspecified atom stereocenters. The highest BCUT2D eigenvalue weighted by molar-refractivity contribution is 9.10. The number of halogens is 2. The van der Waals surface area contributed by atoms with Gasteiger partial charge < -0.3 is 5.73 Å². The Balaban J connectivity index is 2.12. The molecule has 112 valence electrons. The topological polar surface area (TPSA) is 29.3 Å². The Hall–Kier alpha value is -0.450. The highest BCUT2D eigenvalue weighted by Crippen LogP contribution is 2.29. The molecule has 2 rings (SSSR count). The fourth-order valence-corrected chi connectivity index (χ4v) is 3.52. The molecule has 1 fully saturated rings. The minimum absolute atomic E-state index is 0.197. The summed E-state index contributed by atoms with van der Waals surface area (Å²) in [4.78, 5) is 2.47. The Labute approximate surface area is 129 Å². The van der Waals surface area contributed by atoms with Crippen molar-refractivity contribution in [2.75, 3.05) is 19.6 Å². The SMILES string of the molecule is CCC1CCCN(C(CN)c2ccc(F)c(Br)c2)CC1. The number of rotatable bonds is 4. The zero-order valence-electron chi connectivity index (χ0n) is 12.1. The first kappa shape index (κ1) is 15.9. The van der Waals surface area contributed by atoms with Gasteiger partial charge in [0, 0.05) is 12.6 Å². The number of hydrogen-bond donors (Lipinski definition) is 1. The molecule has 0 aromatic heterocycles. The Bertz CT molecular complexity index is 438. The summed E-state index contributed by atoms with van der Waals surface area (Å²) in [5, 5.41) is 0. The fourth-order valence-electron chi connectivity index (χ4n) is 3.12. The number of nitrogens with zero attached hydrogens (tertiary/aromatic N) is 1. The van der Waals surface area contributed by atoms with E-state index in [0.717, 1.165) is 24.6 Å². The monoisotopic (exact) mass is 342 g/mol. The van der Waals surface area contributed by atoms with Gasteiger partial charge in [-0.15, -0.1) is 0 Å². The van der Waals surface area contributed by atoms with Crippen molar-refractivity contribution in [1.29, 1.82) is 0 Å². The molecule has 1 heterocycles. The number of benzene rings is 1. The van der Waals surface area contributed by atoms with Crippen molar-refractivity contribution in [2.45, 2.75) is 38.6 Å². The van der Waals surface area contributed by atoms with Gasteiger partial charge in [0.1, 0.15) is 5.82 Å². The molecule has 2 N–H and O–H groups in total. The lowest BCUT2D eigenvalue weighted by Gasteiger charge is -2.30. The molecule has 0 aliphatic carbocycles. The first-order valence-corrected chi connectivity index (χ1v) is 8.34. The molecule has 1 aromatic carbocycles. The van der Waals surface area contributed by atoms with E-state index in [1.54, 1.807) is 0 Å². The van der Waals surface area contributed by atoms with Gasteiger partial charge in [0.25, 0.3) is 0 Å². The summed E-state index contributed by atoms with van der Waals surface area (Å²) in [5.74, 6) is 0.629. The van der Waals surface area contributed by atoms with Crippen molar-refractivity contribution in [1.82, 2.24) is 4.90 Å². The predicted octanol–water partition coefficient (Wildman–Crippen LogP) is 4.10. The van der Waals surface area contributed by atoms with Crippen LogP contribution in [0, 0.1) is 11.7 Å². The van der Waals surface area contributed by atoms with E-state index in [4.69, 9.17) is 5.73 Å². The van der Waals surface area contributed by atoms with Gasteiger partial charge in [-0.05, 0) is 71.9 Å². The Kier molecular flexibility index (Phi) is 6.00. The molecule has 1 aliphatic heterocycles. The first-order chi connectivity index (χ1) is 9.65. The van der Waals surface area contributed by atoms with Crippen LogP contribution in [0.2, 0.25) is 0 Å². The van der Waals surface area contributed by atoms with Crippen LogP contribution in [0.3, 0.4) is 0 Å². The van der Waals surface area contributed by atoms with Crippen molar-refractivity contribution >= 4 is 15.9 Å². The van der Waals surface area contributed by atoms with E-state index in [0.29, 0.717) is 11.0 Å². The molecular weight excluding hydrogens is 319 g/mol. The Morgan fingerprint density at radius 2 is 2.20 bits per heavy atom. The zero-order valence-corrected chi connectivity index (χ0v) is 13.7. The van der Waals surface area contributed by atoms with Crippen LogP contribution in [0.1, 0.15) is 44.2 Å². The van der Waals surface area contributed by atoms with E-state index in [1.165, 1.54) is 31.7 Å². The van der Waals surface area contributed by atoms with Crippen LogP contribution in [-0.2, 0) is 0 Å². The molecule has 20 heavy (non-hydrogen) atoms. The van der Waals surface area contributed by atoms with Gasteiger partial charge >= 0.3 is 0 Å². The summed E-state index contributed by atoms with van der Waals surface area (Å²) >= 11 is 3.27. The molecule has 4 heteroatoms. The minimum atomic E-state index is -0.216. The highest BCUT2D eigenvalue weighted by atomic mass is 79.9. The standard InChI is InChI=1S/C16H24BrFN2/c1-2-12-4-3-8-20(9-7-12)16(11-19)13-5-6-15(18)14(17)10-13/h5-6,10,12,16H,2-4,7-9,11,19H2,1H3. The van der Waals surface area contributed by atoms with E-state index >= 15 is 0 Å². The van der Waals surface area contributed by atoms with Crippen molar-refractivity contribution in [3.05, 3.63) is 34.1 Å². The van der Waals surface area contributed by atoms with Crippen LogP contribution in [-0.4, -0.2) is 24.5 Å². The summed E-state index contributed by atoms with van der Waals surface area (Å²) in [6.45, 7) is 5.04. The number of likely N-dealkylation sites (tertiary alicyclic amines) is 1. The Morgan fingerprint density at radius 1 is 1.40 bits per heavy atom. The number of hydrogen-bond acceptors (Lipinski definition) is 2.